The van der Waals surface area contributed by atoms with Gasteiger partial charge in [0.2, 0.25) is 0 Å². The van der Waals surface area contributed by atoms with E-state index in [1.165, 1.54) is 48.2 Å². The van der Waals surface area contributed by atoms with Crippen LogP contribution in [0.2, 0.25) is 0 Å². The van der Waals surface area contributed by atoms with Gasteiger partial charge >= 0.3 is 0 Å². The van der Waals surface area contributed by atoms with E-state index >= 15 is 0 Å². The molecule has 1 fully saturated rings. The van der Waals surface area contributed by atoms with Crippen LogP contribution in [0.5, 0.6) is 0 Å². The minimum atomic E-state index is -0.966. The van der Waals surface area contributed by atoms with Crippen molar-refractivity contribution in [3.05, 3.63) is 106 Å². The number of halogens is 2. The largest absolute Gasteiger partial charge is 0.507 e. The molecule has 6 heteroatoms. The molecule has 3 aromatic carbocycles. The van der Waals surface area contributed by atoms with Crippen molar-refractivity contribution in [3.63, 3.8) is 0 Å². The van der Waals surface area contributed by atoms with Gasteiger partial charge < -0.3 is 5.11 Å². The molecule has 1 N–H and O–H groups in total. The molecular formula is C25H19F2NO3. The number of aryl methyl sites for hydroxylation is 2. The van der Waals surface area contributed by atoms with Crippen molar-refractivity contribution in [1.29, 1.82) is 0 Å². The van der Waals surface area contributed by atoms with Crippen molar-refractivity contribution in [2.75, 3.05) is 4.90 Å². The summed E-state index contributed by atoms with van der Waals surface area (Å²) in [6.45, 7) is 3.40. The van der Waals surface area contributed by atoms with Crippen molar-refractivity contribution >= 4 is 23.1 Å². The lowest BCUT2D eigenvalue weighted by atomic mass is 9.94. The van der Waals surface area contributed by atoms with E-state index in [2.05, 4.69) is 0 Å². The predicted octanol–water partition coefficient (Wildman–Crippen LogP) is 5.21. The minimum Gasteiger partial charge on any atom is -0.507 e. The maximum atomic E-state index is 13.9. The average molecular weight is 419 g/mol. The number of aliphatic hydroxyl groups excluding tert-OH is 1. The second-order valence-corrected chi connectivity index (χ2v) is 7.53. The number of Topliss-reactive ketones (excluding diaryl/α,β-unsaturated/α-hetero) is 1. The first kappa shape index (κ1) is 20.5. The Morgan fingerprint density at radius 2 is 1.68 bits per heavy atom. The van der Waals surface area contributed by atoms with Gasteiger partial charge in [-0.1, -0.05) is 35.9 Å². The minimum absolute atomic E-state index is 0.133. The molecular weight excluding hydrogens is 400 g/mol. The molecule has 0 bridgehead atoms. The summed E-state index contributed by atoms with van der Waals surface area (Å²) >= 11 is 0. The monoisotopic (exact) mass is 419 g/mol. The molecule has 0 aromatic heterocycles. The Hall–Kier alpha value is -3.80. The second kappa shape index (κ2) is 7.80. The predicted molar refractivity (Wildman–Crippen MR) is 113 cm³/mol. The Labute approximate surface area is 178 Å². The molecule has 0 saturated carbocycles. The summed E-state index contributed by atoms with van der Waals surface area (Å²) in [5.74, 6) is -3.19. The number of aliphatic hydroxyl groups is 1. The van der Waals surface area contributed by atoms with Gasteiger partial charge in [0.1, 0.15) is 17.4 Å². The molecule has 0 aliphatic carbocycles. The number of ketones is 1. The molecule has 1 atom stereocenters. The standard InChI is InChI=1S/C25H19F2NO3/c1-14-5-3-6-16(11-14)22-21(23(29)17-9-10-20(27)15(2)12-17)24(30)25(31)28(22)19-8-4-7-18(26)13-19/h3-13,22,29H,1-2H3/b23-21+. The van der Waals surface area contributed by atoms with Gasteiger partial charge in [-0.05, 0) is 61.4 Å². The molecule has 4 nitrogen and oxygen atoms in total. The molecule has 1 aliphatic heterocycles. The summed E-state index contributed by atoms with van der Waals surface area (Å²) in [4.78, 5) is 27.2. The first-order valence-electron chi connectivity index (χ1n) is 9.67. The maximum Gasteiger partial charge on any atom is 0.300 e. The summed E-state index contributed by atoms with van der Waals surface area (Å²) in [5.41, 5.74) is 2.04. The van der Waals surface area contributed by atoms with Gasteiger partial charge in [0.05, 0.1) is 11.6 Å². The summed E-state index contributed by atoms with van der Waals surface area (Å²) in [7, 11) is 0. The fourth-order valence-electron chi connectivity index (χ4n) is 3.83. The third kappa shape index (κ3) is 3.61. The van der Waals surface area contributed by atoms with E-state index in [4.69, 9.17) is 0 Å². The Bertz CT molecular complexity index is 1250. The SMILES string of the molecule is Cc1cccc(C2/C(=C(\O)c3ccc(F)c(C)c3)C(=O)C(=O)N2c2cccc(F)c2)c1. The van der Waals surface area contributed by atoms with Crippen molar-refractivity contribution < 1.29 is 23.5 Å². The molecule has 1 amide bonds. The zero-order chi connectivity index (χ0) is 22.3. The fourth-order valence-corrected chi connectivity index (χ4v) is 3.83. The van der Waals surface area contributed by atoms with Crippen LogP contribution in [0.4, 0.5) is 14.5 Å². The summed E-state index contributed by atoms with van der Waals surface area (Å²) in [5, 5.41) is 11.0. The molecule has 1 heterocycles. The normalized spacial score (nSPS) is 17.9. The number of benzene rings is 3. The number of carbonyl (C=O) groups excluding carboxylic acids is 2. The van der Waals surface area contributed by atoms with Gasteiger partial charge in [-0.2, -0.15) is 0 Å². The van der Waals surface area contributed by atoms with E-state index in [1.54, 1.807) is 18.2 Å². The first-order chi connectivity index (χ1) is 14.8. The second-order valence-electron chi connectivity index (χ2n) is 7.53. The number of nitrogens with zero attached hydrogens (tertiary/aromatic N) is 1. The van der Waals surface area contributed by atoms with Crippen molar-refractivity contribution in [3.8, 4) is 0 Å². The van der Waals surface area contributed by atoms with Crippen LogP contribution in [0.15, 0.2) is 72.3 Å². The Morgan fingerprint density at radius 1 is 0.935 bits per heavy atom. The zero-order valence-corrected chi connectivity index (χ0v) is 16.9. The van der Waals surface area contributed by atoms with E-state index in [0.29, 0.717) is 5.56 Å². The van der Waals surface area contributed by atoms with Gasteiger partial charge in [-0.25, -0.2) is 8.78 Å². The third-order valence-electron chi connectivity index (χ3n) is 5.32. The van der Waals surface area contributed by atoms with Crippen LogP contribution in [0, 0.1) is 25.5 Å². The first-order valence-corrected chi connectivity index (χ1v) is 9.67. The molecule has 1 unspecified atom stereocenters. The topological polar surface area (TPSA) is 57.6 Å². The zero-order valence-electron chi connectivity index (χ0n) is 16.9. The van der Waals surface area contributed by atoms with Crippen molar-refractivity contribution in [1.82, 2.24) is 0 Å². The van der Waals surface area contributed by atoms with Crippen molar-refractivity contribution in [2.45, 2.75) is 19.9 Å². The van der Waals surface area contributed by atoms with Crippen LogP contribution in [-0.2, 0) is 9.59 Å². The van der Waals surface area contributed by atoms with Crippen LogP contribution in [0.3, 0.4) is 0 Å². The Morgan fingerprint density at radius 3 is 2.35 bits per heavy atom. The molecule has 156 valence electrons. The highest BCUT2D eigenvalue weighted by Crippen LogP contribution is 2.42. The molecule has 1 saturated heterocycles. The van der Waals surface area contributed by atoms with Gasteiger partial charge in [0, 0.05) is 11.3 Å². The van der Waals surface area contributed by atoms with Crippen LogP contribution in [0.1, 0.15) is 28.3 Å². The molecule has 4 rings (SSSR count). The van der Waals surface area contributed by atoms with E-state index in [1.807, 2.05) is 13.0 Å². The molecule has 31 heavy (non-hydrogen) atoms. The number of amides is 1. The Balaban J connectivity index is 1.97. The molecule has 0 spiro atoms. The van der Waals surface area contributed by atoms with Gasteiger partial charge in [-0.15, -0.1) is 0 Å². The summed E-state index contributed by atoms with van der Waals surface area (Å²) < 4.78 is 27.6. The van der Waals surface area contributed by atoms with Gasteiger partial charge in [-0.3, -0.25) is 14.5 Å². The van der Waals surface area contributed by atoms with E-state index in [0.717, 1.165) is 11.6 Å². The van der Waals surface area contributed by atoms with Gasteiger partial charge in [0.15, 0.2) is 0 Å². The number of anilines is 1. The highest BCUT2D eigenvalue weighted by Gasteiger charge is 2.47. The lowest BCUT2D eigenvalue weighted by Crippen LogP contribution is -2.29. The molecule has 0 radical (unpaired) electrons. The third-order valence-corrected chi connectivity index (χ3v) is 5.32. The van der Waals surface area contributed by atoms with E-state index in [-0.39, 0.29) is 22.4 Å². The lowest BCUT2D eigenvalue weighted by molar-refractivity contribution is -0.132. The van der Waals surface area contributed by atoms with Crippen LogP contribution >= 0.6 is 0 Å². The number of carbonyl (C=O) groups is 2. The summed E-state index contributed by atoms with van der Waals surface area (Å²) in [6.07, 6.45) is 0. The van der Waals surface area contributed by atoms with Crippen LogP contribution < -0.4 is 4.90 Å². The number of hydrogen-bond donors (Lipinski definition) is 1. The van der Waals surface area contributed by atoms with Gasteiger partial charge in [0.25, 0.3) is 11.7 Å². The number of hydrogen-bond acceptors (Lipinski definition) is 3. The molecule has 1 aliphatic rings. The quantitative estimate of drug-likeness (QED) is 0.360. The lowest BCUT2D eigenvalue weighted by Gasteiger charge is -2.25. The smallest absolute Gasteiger partial charge is 0.300 e. The number of rotatable bonds is 3. The van der Waals surface area contributed by atoms with Crippen LogP contribution in [0.25, 0.3) is 5.76 Å². The Kier molecular flexibility index (Phi) is 5.15. The summed E-state index contributed by atoms with van der Waals surface area (Å²) in [6, 6.07) is 15.5. The average Bonchev–Trinajstić information content (AvgIpc) is 3.00. The van der Waals surface area contributed by atoms with Crippen molar-refractivity contribution in [2.24, 2.45) is 0 Å². The fraction of sp³-hybridized carbons (Fsp3) is 0.120. The molecule has 3 aromatic rings. The highest BCUT2D eigenvalue weighted by atomic mass is 19.1. The van der Waals surface area contributed by atoms with E-state index < -0.39 is 35.1 Å². The highest BCUT2D eigenvalue weighted by molar-refractivity contribution is 6.51. The van der Waals surface area contributed by atoms with Crippen LogP contribution in [-0.4, -0.2) is 16.8 Å². The van der Waals surface area contributed by atoms with E-state index in [9.17, 15) is 23.5 Å². The maximum absolute atomic E-state index is 13.9.